The summed E-state index contributed by atoms with van der Waals surface area (Å²) in [4.78, 5) is 4.75. The van der Waals surface area contributed by atoms with Crippen molar-refractivity contribution in [2.45, 2.75) is 11.3 Å². The number of fused-ring (bicyclic) bond motifs is 2. The van der Waals surface area contributed by atoms with Gasteiger partial charge in [0.25, 0.3) is 10.0 Å². The number of sulfonamides is 1. The van der Waals surface area contributed by atoms with Gasteiger partial charge in [0.2, 0.25) is 0 Å². The molecule has 0 saturated carbocycles. The molecular formula is C26H17FN4O3S. The topological polar surface area (TPSA) is 108 Å². The quantitative estimate of drug-likeness (QED) is 0.388. The van der Waals surface area contributed by atoms with Crippen LogP contribution in [0.2, 0.25) is 0 Å². The zero-order chi connectivity index (χ0) is 24.2. The zero-order valence-electron chi connectivity index (χ0n) is 18.1. The molecule has 3 aromatic carbocycles. The third kappa shape index (κ3) is 3.48. The van der Waals surface area contributed by atoms with Crippen molar-refractivity contribution >= 4 is 26.5 Å². The Hall–Kier alpha value is -4.37. The number of hydrogen-bond donors (Lipinski definition) is 2. The third-order valence-electron chi connectivity index (χ3n) is 6.02. The van der Waals surface area contributed by atoms with Crippen LogP contribution >= 0.6 is 0 Å². The van der Waals surface area contributed by atoms with Gasteiger partial charge in [0.15, 0.2) is 5.75 Å². The van der Waals surface area contributed by atoms with Crippen molar-refractivity contribution in [1.29, 1.82) is 0 Å². The van der Waals surface area contributed by atoms with Crippen LogP contribution in [0.3, 0.4) is 0 Å². The maximum Gasteiger partial charge on any atom is 0.284 e. The molecule has 2 aromatic heterocycles. The van der Waals surface area contributed by atoms with E-state index >= 15 is 0 Å². The molecule has 7 nitrogen and oxygen atoms in total. The molecule has 5 aromatic rings. The summed E-state index contributed by atoms with van der Waals surface area (Å²) in [5.74, 6) is -0.493. The minimum Gasteiger partial charge on any atom is -0.505 e. The summed E-state index contributed by atoms with van der Waals surface area (Å²) >= 11 is 0. The lowest BCUT2D eigenvalue weighted by atomic mass is 9.97. The molecule has 0 unspecified atom stereocenters. The van der Waals surface area contributed by atoms with Gasteiger partial charge < -0.3 is 5.11 Å². The Balaban J connectivity index is 1.57. The molecule has 0 amide bonds. The SMILES string of the molecule is O=S1(=O)N=C(c2nc(Cc3ccc(F)cc3)c3ccccc3c2O)c2cccc(-c3cn[nH]c3)c21. The molecule has 0 radical (unpaired) electrons. The summed E-state index contributed by atoms with van der Waals surface area (Å²) < 4.78 is 43.8. The monoisotopic (exact) mass is 484 g/mol. The number of pyridine rings is 1. The van der Waals surface area contributed by atoms with Gasteiger partial charge in [-0.05, 0) is 17.7 Å². The van der Waals surface area contributed by atoms with Gasteiger partial charge in [-0.25, -0.2) is 9.37 Å². The van der Waals surface area contributed by atoms with Crippen LogP contribution in [-0.2, 0) is 16.4 Å². The Labute approximate surface area is 199 Å². The van der Waals surface area contributed by atoms with Crippen LogP contribution in [0.4, 0.5) is 4.39 Å². The van der Waals surface area contributed by atoms with Gasteiger partial charge in [0.1, 0.15) is 22.1 Å². The van der Waals surface area contributed by atoms with E-state index in [0.717, 1.165) is 5.56 Å². The molecule has 6 rings (SSSR count). The number of nitrogens with one attached hydrogen (secondary N) is 1. The first kappa shape index (κ1) is 21.2. The predicted molar refractivity (Wildman–Crippen MR) is 129 cm³/mol. The van der Waals surface area contributed by atoms with Crippen LogP contribution in [0.5, 0.6) is 5.75 Å². The molecule has 0 saturated heterocycles. The molecule has 172 valence electrons. The summed E-state index contributed by atoms with van der Waals surface area (Å²) in [6.07, 6.45) is 3.50. The predicted octanol–water partition coefficient (Wildman–Crippen LogP) is 4.60. The van der Waals surface area contributed by atoms with Gasteiger partial charge in [-0.1, -0.05) is 54.6 Å². The second kappa shape index (κ2) is 7.85. The number of aromatic hydroxyl groups is 1. The van der Waals surface area contributed by atoms with Gasteiger partial charge in [0, 0.05) is 40.1 Å². The minimum atomic E-state index is -4.05. The van der Waals surface area contributed by atoms with Crippen LogP contribution in [0, 0.1) is 5.82 Å². The minimum absolute atomic E-state index is 0.0471. The number of benzene rings is 3. The maximum atomic E-state index is 13.4. The number of aromatic amines is 1. The third-order valence-corrected chi connectivity index (χ3v) is 7.40. The highest BCUT2D eigenvalue weighted by Gasteiger charge is 2.35. The molecule has 1 aliphatic rings. The maximum absolute atomic E-state index is 13.4. The smallest absolute Gasteiger partial charge is 0.284 e. The Morgan fingerprint density at radius 2 is 1.66 bits per heavy atom. The number of aromatic nitrogens is 3. The first-order valence-corrected chi connectivity index (χ1v) is 12.2. The Bertz CT molecular complexity index is 1750. The molecule has 0 fully saturated rings. The average molecular weight is 485 g/mol. The van der Waals surface area contributed by atoms with E-state index in [1.807, 2.05) is 12.1 Å². The van der Waals surface area contributed by atoms with E-state index in [0.29, 0.717) is 39.6 Å². The number of hydrogen-bond acceptors (Lipinski definition) is 5. The molecule has 1 aliphatic heterocycles. The van der Waals surface area contributed by atoms with Gasteiger partial charge in [0.05, 0.1) is 11.9 Å². The number of halogens is 1. The van der Waals surface area contributed by atoms with Crippen molar-refractivity contribution in [2.24, 2.45) is 4.40 Å². The van der Waals surface area contributed by atoms with Crippen molar-refractivity contribution in [1.82, 2.24) is 15.2 Å². The van der Waals surface area contributed by atoms with Crippen LogP contribution in [-0.4, -0.2) is 34.4 Å². The fourth-order valence-electron chi connectivity index (χ4n) is 4.43. The molecule has 9 heteroatoms. The van der Waals surface area contributed by atoms with Crippen LogP contribution in [0.25, 0.3) is 21.9 Å². The fourth-order valence-corrected chi connectivity index (χ4v) is 5.85. The lowest BCUT2D eigenvalue weighted by molar-refractivity contribution is 0.477. The standard InChI is InChI=1S/C26H17FN4O3S/c27-17-10-8-15(9-11-17)12-22-19-4-1-2-5-20(19)25(32)24(30-22)23-21-7-3-6-18(16-13-28-29-14-16)26(21)35(33,34)31-23/h1-11,13-14,32H,12H2,(H,28,29). The average Bonchev–Trinajstić information content (AvgIpc) is 3.49. The first-order valence-electron chi connectivity index (χ1n) is 10.8. The molecule has 0 atom stereocenters. The largest absolute Gasteiger partial charge is 0.505 e. The molecule has 0 bridgehead atoms. The van der Waals surface area contributed by atoms with E-state index in [1.54, 1.807) is 48.7 Å². The van der Waals surface area contributed by atoms with Crippen LogP contribution in [0.15, 0.2) is 88.4 Å². The van der Waals surface area contributed by atoms with Crippen molar-refractivity contribution in [2.75, 3.05) is 0 Å². The molecule has 0 spiro atoms. The Kier molecular flexibility index (Phi) is 4.75. The lowest BCUT2D eigenvalue weighted by Gasteiger charge is -2.13. The second-order valence-electron chi connectivity index (χ2n) is 8.19. The molecule has 35 heavy (non-hydrogen) atoms. The van der Waals surface area contributed by atoms with Gasteiger partial charge in [-0.15, -0.1) is 0 Å². The van der Waals surface area contributed by atoms with Crippen LogP contribution < -0.4 is 0 Å². The van der Waals surface area contributed by atoms with E-state index in [-0.39, 0.29) is 27.9 Å². The summed E-state index contributed by atoms with van der Waals surface area (Å²) in [6.45, 7) is 0. The van der Waals surface area contributed by atoms with Gasteiger partial charge in [-0.3, -0.25) is 5.10 Å². The highest BCUT2D eigenvalue weighted by Crippen LogP contribution is 2.40. The first-order chi connectivity index (χ1) is 16.9. The highest BCUT2D eigenvalue weighted by molar-refractivity contribution is 7.91. The fraction of sp³-hybridized carbons (Fsp3) is 0.0385. The normalized spacial score (nSPS) is 14.1. The van der Waals surface area contributed by atoms with Crippen molar-refractivity contribution in [3.8, 4) is 16.9 Å². The lowest BCUT2D eigenvalue weighted by Crippen LogP contribution is -2.08. The van der Waals surface area contributed by atoms with E-state index in [1.165, 1.54) is 18.3 Å². The second-order valence-corrected chi connectivity index (χ2v) is 9.73. The van der Waals surface area contributed by atoms with Crippen molar-refractivity contribution < 1.29 is 17.9 Å². The van der Waals surface area contributed by atoms with Crippen molar-refractivity contribution in [3.63, 3.8) is 0 Å². The highest BCUT2D eigenvalue weighted by atomic mass is 32.2. The summed E-state index contributed by atoms with van der Waals surface area (Å²) in [7, 11) is -4.05. The molecular weight excluding hydrogens is 467 g/mol. The zero-order valence-corrected chi connectivity index (χ0v) is 18.9. The number of rotatable bonds is 4. The molecule has 3 heterocycles. The summed E-state index contributed by atoms with van der Waals surface area (Å²) in [5, 5.41) is 19.0. The molecule has 2 N–H and O–H groups in total. The summed E-state index contributed by atoms with van der Waals surface area (Å²) in [6, 6.07) is 18.4. The van der Waals surface area contributed by atoms with Gasteiger partial charge in [-0.2, -0.15) is 17.9 Å². The number of H-pyrrole nitrogens is 1. The summed E-state index contributed by atoms with van der Waals surface area (Å²) in [5.41, 5.74) is 3.01. The van der Waals surface area contributed by atoms with Gasteiger partial charge >= 0.3 is 0 Å². The van der Waals surface area contributed by atoms with Crippen LogP contribution in [0.1, 0.15) is 22.5 Å². The Morgan fingerprint density at radius 1 is 0.914 bits per heavy atom. The van der Waals surface area contributed by atoms with Crippen molar-refractivity contribution in [3.05, 3.63) is 107 Å². The van der Waals surface area contributed by atoms with E-state index in [2.05, 4.69) is 14.6 Å². The van der Waals surface area contributed by atoms with E-state index < -0.39 is 10.0 Å². The van der Waals surface area contributed by atoms with E-state index in [4.69, 9.17) is 4.98 Å². The Morgan fingerprint density at radius 3 is 2.40 bits per heavy atom. The van der Waals surface area contributed by atoms with E-state index in [9.17, 15) is 17.9 Å². The molecule has 0 aliphatic carbocycles. The number of nitrogens with zero attached hydrogens (tertiary/aromatic N) is 3.